The van der Waals surface area contributed by atoms with E-state index < -0.39 is 37.1 Å². The highest BCUT2D eigenvalue weighted by Crippen LogP contribution is 2.39. The third kappa shape index (κ3) is 9.82. The van der Waals surface area contributed by atoms with Crippen LogP contribution in [0.1, 0.15) is 44.9 Å². The molecule has 2 saturated heterocycles. The molecule has 0 aliphatic carbocycles. The zero-order valence-corrected chi connectivity index (χ0v) is 29.9. The Kier molecular flexibility index (Phi) is 13.6. The smallest absolute Gasteiger partial charge is 0.345 e. The molecular formula is C37H42F4N6O7. The highest BCUT2D eigenvalue weighted by atomic mass is 19.3. The van der Waals surface area contributed by atoms with Crippen molar-refractivity contribution in [3.8, 4) is 42.0 Å². The van der Waals surface area contributed by atoms with Crippen LogP contribution in [0.4, 0.5) is 29.1 Å². The van der Waals surface area contributed by atoms with E-state index in [0.717, 1.165) is 12.8 Å². The zero-order valence-electron chi connectivity index (χ0n) is 29.9. The van der Waals surface area contributed by atoms with Crippen molar-refractivity contribution >= 4 is 33.2 Å². The molecule has 2 aromatic heterocycles. The molecule has 54 heavy (non-hydrogen) atoms. The number of hydrogen-bond acceptors (Lipinski definition) is 13. The Morgan fingerprint density at radius 1 is 1.07 bits per heavy atom. The molecule has 0 spiro atoms. The van der Waals surface area contributed by atoms with Gasteiger partial charge in [0.1, 0.15) is 28.5 Å². The lowest BCUT2D eigenvalue weighted by atomic mass is 9.84. The van der Waals surface area contributed by atoms with Gasteiger partial charge in [-0.15, -0.1) is 12.8 Å². The zero-order chi connectivity index (χ0) is 40.0. The van der Waals surface area contributed by atoms with Gasteiger partial charge in [-0.2, -0.15) is 9.97 Å². The van der Waals surface area contributed by atoms with Crippen molar-refractivity contribution in [3.05, 3.63) is 47.2 Å². The number of nitrogens with zero attached hydrogens (tertiary/aromatic N) is 5. The molecule has 1 unspecified atom stereocenters. The summed E-state index contributed by atoms with van der Waals surface area (Å²) >= 11 is 0. The van der Waals surface area contributed by atoms with E-state index >= 15 is 4.39 Å². The molecule has 0 radical (unpaired) electrons. The SMILES string of the molecule is C#Cc1c(F)ccc2cc(N)cc(-c3nc(C#C)c4c(N5CCOCC(C)C5)nc(OC(O)O)nc4c3F)c12.CC1(C)CCCN(C(O)(O)O)C1.FCF. The van der Waals surface area contributed by atoms with Crippen molar-refractivity contribution in [2.45, 2.75) is 46.2 Å². The minimum atomic E-state index is -2.64. The Morgan fingerprint density at radius 2 is 1.78 bits per heavy atom. The van der Waals surface area contributed by atoms with Crippen LogP contribution in [0.5, 0.6) is 6.01 Å². The first kappa shape index (κ1) is 41.9. The first-order chi connectivity index (χ1) is 25.4. The van der Waals surface area contributed by atoms with Crippen LogP contribution < -0.4 is 15.4 Å². The fourth-order valence-electron chi connectivity index (χ4n) is 6.44. The fraction of sp³-hybridized carbons (Fsp3) is 0.432. The fourth-order valence-corrected chi connectivity index (χ4v) is 6.44. The Hall–Kier alpha value is -4.85. The van der Waals surface area contributed by atoms with E-state index in [1.807, 2.05) is 25.7 Å². The Labute approximate surface area is 309 Å². The highest BCUT2D eigenvalue weighted by Gasteiger charge is 2.37. The summed E-state index contributed by atoms with van der Waals surface area (Å²) in [7, 11) is 0. The molecule has 7 N–H and O–H groups in total. The van der Waals surface area contributed by atoms with Gasteiger partial charge in [-0.25, -0.2) is 27.4 Å². The molecule has 4 heterocycles. The summed E-state index contributed by atoms with van der Waals surface area (Å²) in [5.41, 5.74) is 5.85. The van der Waals surface area contributed by atoms with Gasteiger partial charge < -0.3 is 45.6 Å². The van der Waals surface area contributed by atoms with Gasteiger partial charge in [0.25, 0.3) is 0 Å². The first-order valence-electron chi connectivity index (χ1n) is 16.7. The number of fused-ring (bicyclic) bond motifs is 2. The molecule has 1 atom stereocenters. The van der Waals surface area contributed by atoms with Gasteiger partial charge in [0.2, 0.25) is 6.93 Å². The molecular weight excluding hydrogens is 716 g/mol. The van der Waals surface area contributed by atoms with Crippen LogP contribution in [-0.2, 0) is 4.74 Å². The lowest BCUT2D eigenvalue weighted by Gasteiger charge is -2.41. The molecule has 2 aliphatic rings. The number of aromatic nitrogens is 3. The summed E-state index contributed by atoms with van der Waals surface area (Å²) in [5.74, 6) is 3.45. The quantitative estimate of drug-likeness (QED) is 0.0753. The van der Waals surface area contributed by atoms with Gasteiger partial charge in [-0.1, -0.05) is 32.8 Å². The monoisotopic (exact) mass is 758 g/mol. The number of hydrogen-bond donors (Lipinski definition) is 6. The number of rotatable bonds is 5. The highest BCUT2D eigenvalue weighted by molar-refractivity contribution is 6.04. The predicted octanol–water partition coefficient (Wildman–Crippen LogP) is 3.37. The summed E-state index contributed by atoms with van der Waals surface area (Å²) in [4.78, 5) is 16.0. The van der Waals surface area contributed by atoms with Gasteiger partial charge in [-0.05, 0) is 53.7 Å². The van der Waals surface area contributed by atoms with E-state index in [2.05, 4.69) is 26.8 Å². The number of piperidine rings is 1. The summed E-state index contributed by atoms with van der Waals surface area (Å²) in [5, 5.41) is 46.4. The number of benzene rings is 2. The van der Waals surface area contributed by atoms with Crippen LogP contribution in [0, 0.1) is 47.7 Å². The summed E-state index contributed by atoms with van der Waals surface area (Å²) < 4.78 is 60.9. The number of nitrogen functional groups attached to an aromatic ring is 1. The predicted molar refractivity (Wildman–Crippen MR) is 193 cm³/mol. The second-order valence-corrected chi connectivity index (χ2v) is 13.5. The van der Waals surface area contributed by atoms with Crippen molar-refractivity contribution in [1.29, 1.82) is 0 Å². The van der Waals surface area contributed by atoms with Gasteiger partial charge in [-0.3, -0.25) is 0 Å². The average Bonchev–Trinajstić information content (AvgIpc) is 3.32. The lowest BCUT2D eigenvalue weighted by Crippen LogP contribution is -2.54. The van der Waals surface area contributed by atoms with Crippen molar-refractivity contribution < 1.29 is 52.6 Å². The minimum absolute atomic E-state index is 0.000416. The first-order valence-corrected chi connectivity index (χ1v) is 16.7. The van der Waals surface area contributed by atoms with E-state index in [9.17, 15) is 23.4 Å². The number of aliphatic hydroxyl groups excluding tert-OH is 1. The Balaban J connectivity index is 0.000000364. The Bertz CT molecular complexity index is 2050. The molecule has 0 saturated carbocycles. The molecule has 0 bridgehead atoms. The van der Waals surface area contributed by atoms with Gasteiger partial charge in [0.15, 0.2) is 5.82 Å². The molecule has 2 aliphatic heterocycles. The molecule has 6 rings (SSSR count). The van der Waals surface area contributed by atoms with Crippen molar-refractivity contribution in [2.24, 2.45) is 11.3 Å². The maximum absolute atomic E-state index is 16.5. The van der Waals surface area contributed by atoms with E-state index in [-0.39, 0.29) is 61.6 Å². The number of terminal acetylenes is 2. The third-order valence-electron chi connectivity index (χ3n) is 8.65. The summed E-state index contributed by atoms with van der Waals surface area (Å²) in [6.07, 6.45) is 10.8. The molecule has 17 heteroatoms. The largest absolute Gasteiger partial charge is 0.408 e. The standard InChI is InChI=1S/C28H23F2N5O4.C8H17NO3.CH2F2/c1-4-17-19(29)7-6-15-10-16(31)11-18(21(15)17)24-23(30)25-22(20(5-2)32-24)26(34-27(33-25)39-28(36)37)35-8-9-38-13-14(3)12-35;1-7(2)4-3-5-9(6-7)8(10,11)12;2-1-3/h1-2,6-7,10-11,14,28,36-37H,8-9,12-13,31H2,3H3;10-12H,3-6H2,1-2H3;1H2. The third-order valence-corrected chi connectivity index (χ3v) is 8.65. The number of likely N-dealkylation sites (tertiary alicyclic amines) is 1. The van der Waals surface area contributed by atoms with Crippen LogP contribution in [-0.4, -0.2) is 104 Å². The number of ether oxygens (including phenoxy) is 2. The number of aliphatic hydroxyl groups is 5. The van der Waals surface area contributed by atoms with E-state index in [0.29, 0.717) is 44.8 Å². The number of anilines is 2. The van der Waals surface area contributed by atoms with E-state index in [1.165, 1.54) is 23.1 Å². The van der Waals surface area contributed by atoms with Crippen LogP contribution in [0.25, 0.3) is 32.9 Å². The van der Waals surface area contributed by atoms with Crippen LogP contribution in [0.3, 0.4) is 0 Å². The average molecular weight is 759 g/mol. The molecule has 290 valence electrons. The number of alkyl halides is 2. The second-order valence-electron chi connectivity index (χ2n) is 13.5. The molecule has 2 fully saturated rings. The van der Waals surface area contributed by atoms with Crippen molar-refractivity contribution in [2.75, 3.05) is 57.0 Å². The van der Waals surface area contributed by atoms with Gasteiger partial charge in [0, 0.05) is 42.8 Å². The van der Waals surface area contributed by atoms with Crippen LogP contribution in [0.2, 0.25) is 0 Å². The van der Waals surface area contributed by atoms with Crippen LogP contribution in [0.15, 0.2) is 24.3 Å². The van der Waals surface area contributed by atoms with Crippen molar-refractivity contribution in [3.63, 3.8) is 0 Å². The summed E-state index contributed by atoms with van der Waals surface area (Å²) in [6.45, 7) is 4.83. The molecule has 2 aromatic carbocycles. The maximum Gasteiger partial charge on any atom is 0.345 e. The number of pyridine rings is 1. The van der Waals surface area contributed by atoms with Crippen LogP contribution >= 0.6 is 0 Å². The number of nitrogens with two attached hydrogens (primary N) is 1. The number of halogens is 4. The van der Waals surface area contributed by atoms with Gasteiger partial charge in [0.05, 0.1) is 24.2 Å². The molecule has 0 amide bonds. The van der Waals surface area contributed by atoms with E-state index in [4.69, 9.17) is 43.4 Å². The summed E-state index contributed by atoms with van der Waals surface area (Å²) in [6, 6.07) is 5.18. The maximum atomic E-state index is 16.5. The topological polar surface area (TPSA) is 191 Å². The Morgan fingerprint density at radius 3 is 2.37 bits per heavy atom. The molecule has 4 aromatic rings. The molecule has 13 nitrogen and oxygen atoms in total. The lowest BCUT2D eigenvalue weighted by molar-refractivity contribution is -0.399. The normalized spacial score (nSPS) is 17.5. The van der Waals surface area contributed by atoms with Gasteiger partial charge >= 0.3 is 18.6 Å². The second kappa shape index (κ2) is 17.5. The van der Waals surface area contributed by atoms with E-state index in [1.54, 1.807) is 6.07 Å². The van der Waals surface area contributed by atoms with Crippen molar-refractivity contribution in [1.82, 2.24) is 19.9 Å². The minimum Gasteiger partial charge on any atom is -0.408 e.